The van der Waals surface area contributed by atoms with Crippen molar-refractivity contribution >= 4 is 40.3 Å². The number of nitrogens with one attached hydrogen (secondary N) is 1. The number of aromatic amines is 1. The van der Waals surface area contributed by atoms with Crippen molar-refractivity contribution in [3.8, 4) is 16.3 Å². The van der Waals surface area contributed by atoms with E-state index < -0.39 is 29.5 Å². The summed E-state index contributed by atoms with van der Waals surface area (Å²) in [6, 6.07) is 1.83. The van der Waals surface area contributed by atoms with E-state index in [-0.39, 0.29) is 45.4 Å². The Kier molecular flexibility index (Phi) is 6.22. The van der Waals surface area contributed by atoms with Crippen LogP contribution in [0.15, 0.2) is 36.8 Å². The number of carbonyl (C=O) groups excluding carboxylic acids is 2. The van der Waals surface area contributed by atoms with E-state index in [1.54, 1.807) is 11.1 Å². The largest absolute Gasteiger partial charge is 0.436 e. The number of hydrogen-bond acceptors (Lipinski definition) is 7. The lowest BCUT2D eigenvalue weighted by Gasteiger charge is -2.33. The molecule has 1 aromatic carbocycles. The Hall–Kier alpha value is -4.11. The number of halogens is 5. The number of amides is 2. The molecule has 40 heavy (non-hydrogen) atoms. The number of carbonyl (C=O) groups is 2. The van der Waals surface area contributed by atoms with Crippen LogP contribution in [-0.4, -0.2) is 52.7 Å². The second-order valence-corrected chi connectivity index (χ2v) is 10.7. The van der Waals surface area contributed by atoms with Gasteiger partial charge >= 0.3 is 6.18 Å². The minimum atomic E-state index is -4.74. The van der Waals surface area contributed by atoms with Crippen molar-refractivity contribution in [2.45, 2.75) is 37.5 Å². The first-order chi connectivity index (χ1) is 19.0. The molecule has 6 rings (SSSR count). The summed E-state index contributed by atoms with van der Waals surface area (Å²) >= 11 is 7.13. The first-order valence-electron chi connectivity index (χ1n) is 11.8. The molecule has 4 aromatic rings. The zero-order valence-corrected chi connectivity index (χ0v) is 21.7. The summed E-state index contributed by atoms with van der Waals surface area (Å²) in [5.41, 5.74) is 4.73. The van der Waals surface area contributed by atoms with Gasteiger partial charge in [0.25, 0.3) is 5.91 Å². The average molecular weight is 593 g/mol. The van der Waals surface area contributed by atoms with Crippen LogP contribution in [0.25, 0.3) is 21.8 Å². The lowest BCUT2D eigenvalue weighted by molar-refractivity contribution is -0.141. The molecule has 0 radical (unpaired) electrons. The highest BCUT2D eigenvalue weighted by Gasteiger charge is 2.42. The highest BCUT2D eigenvalue weighted by atomic mass is 35.5. The van der Waals surface area contributed by atoms with Crippen LogP contribution in [0.3, 0.4) is 0 Å². The van der Waals surface area contributed by atoms with Crippen LogP contribution in [0.2, 0.25) is 5.02 Å². The zero-order valence-electron chi connectivity index (χ0n) is 20.1. The maximum absolute atomic E-state index is 15.4. The third-order valence-electron chi connectivity index (χ3n) is 6.82. The monoisotopic (exact) mass is 592 g/mol. The summed E-state index contributed by atoms with van der Waals surface area (Å²) in [6.45, 7) is 0. The fourth-order valence-electron chi connectivity index (χ4n) is 5.08. The summed E-state index contributed by atoms with van der Waals surface area (Å²) in [4.78, 5) is 38.7. The fraction of sp³-hybridized carbons (Fsp3) is 0.250. The summed E-state index contributed by atoms with van der Waals surface area (Å²) in [6.07, 6.45) is 1.71. The van der Waals surface area contributed by atoms with Gasteiger partial charge in [-0.3, -0.25) is 9.59 Å². The second kappa shape index (κ2) is 9.52. The van der Waals surface area contributed by atoms with Gasteiger partial charge in [-0.15, -0.1) is 16.4 Å². The van der Waals surface area contributed by atoms with E-state index in [1.165, 1.54) is 24.4 Å². The normalized spacial score (nSPS) is 19.2. The lowest BCUT2D eigenvalue weighted by Crippen LogP contribution is -2.39. The van der Waals surface area contributed by atoms with E-state index in [0.717, 1.165) is 16.0 Å². The second-order valence-electron chi connectivity index (χ2n) is 9.23. The number of benzene rings is 1. The predicted octanol–water partition coefficient (Wildman–Crippen LogP) is 4.54. The third-order valence-corrected chi connectivity index (χ3v) is 8.14. The molecule has 3 aromatic heterocycles. The maximum atomic E-state index is 15.4. The highest BCUT2D eigenvalue weighted by Crippen LogP contribution is 2.44. The number of alkyl halides is 3. The van der Waals surface area contributed by atoms with Crippen molar-refractivity contribution < 1.29 is 27.2 Å². The SMILES string of the molecule is NC(=O)c1ncc(-c2c[nH]c([C@@H]3CC[C@H]4CC(c5c(-n6cc(C(F)(F)F)nn6)ccc(Cl)c5F)=CC(=O)N43)n2)s1. The number of rotatable bonds is 5. The molecule has 0 aliphatic carbocycles. The molecule has 0 saturated carbocycles. The lowest BCUT2D eigenvalue weighted by atomic mass is 9.92. The van der Waals surface area contributed by atoms with Gasteiger partial charge in [0.15, 0.2) is 16.5 Å². The van der Waals surface area contributed by atoms with Crippen molar-refractivity contribution in [1.82, 2.24) is 34.8 Å². The topological polar surface area (TPSA) is 136 Å². The van der Waals surface area contributed by atoms with Crippen LogP contribution >= 0.6 is 22.9 Å². The fourth-order valence-corrected chi connectivity index (χ4v) is 5.97. The zero-order chi connectivity index (χ0) is 28.3. The summed E-state index contributed by atoms with van der Waals surface area (Å²) in [7, 11) is 0. The van der Waals surface area contributed by atoms with Crippen molar-refractivity contribution in [3.05, 3.63) is 69.7 Å². The van der Waals surface area contributed by atoms with Crippen molar-refractivity contribution in [2.75, 3.05) is 0 Å². The molecule has 2 aliphatic rings. The first-order valence-corrected chi connectivity index (χ1v) is 13.0. The number of aromatic nitrogens is 6. The smallest absolute Gasteiger partial charge is 0.364 e. The van der Waals surface area contributed by atoms with E-state index in [9.17, 15) is 22.8 Å². The minimum Gasteiger partial charge on any atom is -0.364 e. The Balaban J connectivity index is 1.31. The van der Waals surface area contributed by atoms with Crippen molar-refractivity contribution in [2.24, 2.45) is 5.73 Å². The summed E-state index contributed by atoms with van der Waals surface area (Å²) in [5, 5.41) is 6.58. The molecule has 16 heteroatoms. The summed E-state index contributed by atoms with van der Waals surface area (Å²) < 4.78 is 55.6. The predicted molar refractivity (Wildman–Crippen MR) is 135 cm³/mol. The molecule has 10 nitrogen and oxygen atoms in total. The van der Waals surface area contributed by atoms with Gasteiger partial charge in [0.2, 0.25) is 5.91 Å². The van der Waals surface area contributed by atoms with E-state index in [4.69, 9.17) is 17.3 Å². The minimum absolute atomic E-state index is 0.0255. The Morgan fingerprint density at radius 3 is 2.75 bits per heavy atom. The van der Waals surface area contributed by atoms with Gasteiger partial charge in [0.05, 0.1) is 27.8 Å². The van der Waals surface area contributed by atoms with Gasteiger partial charge in [0, 0.05) is 30.1 Å². The van der Waals surface area contributed by atoms with Crippen LogP contribution < -0.4 is 5.73 Å². The van der Waals surface area contributed by atoms with E-state index in [0.29, 0.717) is 35.4 Å². The number of nitrogens with zero attached hydrogens (tertiary/aromatic N) is 6. The van der Waals surface area contributed by atoms with E-state index in [1.807, 2.05) is 0 Å². The molecule has 0 bridgehead atoms. The average Bonchev–Trinajstić information content (AvgIpc) is 3.70. The number of thiazole rings is 1. The van der Waals surface area contributed by atoms with Crippen molar-refractivity contribution in [3.63, 3.8) is 0 Å². The number of imidazole rings is 1. The number of nitrogens with two attached hydrogens (primary N) is 1. The maximum Gasteiger partial charge on any atom is 0.436 e. The van der Waals surface area contributed by atoms with E-state index in [2.05, 4.69) is 25.3 Å². The first kappa shape index (κ1) is 26.1. The standard InChI is InChI=1S/C24H17ClF4N8O2S/c25-12-2-4-14(36-9-17(34-35-36)24(27,28)29)19(20(12)26)10-5-11-1-3-15(37(11)18(38)6-10)22-31-7-13(33-22)16-8-32-23(40-16)21(30)39/h2,4,6-9,11,15H,1,3,5H2,(H2,30,39)(H,31,33)/t11-,15-/m0/s1. The van der Waals surface area contributed by atoms with Crippen LogP contribution in [0.1, 0.15) is 52.2 Å². The molecule has 3 N–H and O–H groups in total. The molecule has 0 spiro atoms. The van der Waals surface area contributed by atoms with Gasteiger partial charge < -0.3 is 15.6 Å². The third kappa shape index (κ3) is 4.44. The van der Waals surface area contributed by atoms with E-state index >= 15 is 4.39 Å². The Morgan fingerprint density at radius 1 is 1.25 bits per heavy atom. The van der Waals surface area contributed by atoms with Crippen molar-refractivity contribution in [1.29, 1.82) is 0 Å². The van der Waals surface area contributed by atoms with Crippen LogP contribution in [0.4, 0.5) is 17.6 Å². The molecular formula is C24H17ClF4N8O2S. The molecule has 2 aliphatic heterocycles. The highest BCUT2D eigenvalue weighted by molar-refractivity contribution is 7.16. The van der Waals surface area contributed by atoms with Gasteiger partial charge in [0.1, 0.15) is 11.5 Å². The van der Waals surface area contributed by atoms with Gasteiger partial charge in [-0.05, 0) is 37.0 Å². The molecule has 1 fully saturated rings. The molecular weight excluding hydrogens is 576 g/mol. The number of fused-ring (bicyclic) bond motifs is 1. The van der Waals surface area contributed by atoms with Gasteiger partial charge in [-0.2, -0.15) is 13.2 Å². The number of H-pyrrole nitrogens is 1. The quantitative estimate of drug-likeness (QED) is 0.327. The summed E-state index contributed by atoms with van der Waals surface area (Å²) in [5.74, 6) is -1.38. The molecule has 2 amide bonds. The Bertz CT molecular complexity index is 1690. The van der Waals surface area contributed by atoms with Gasteiger partial charge in [-0.1, -0.05) is 16.8 Å². The molecule has 206 valence electrons. The number of hydrogen-bond donors (Lipinski definition) is 2. The van der Waals surface area contributed by atoms with Crippen LogP contribution in [-0.2, 0) is 11.0 Å². The van der Waals surface area contributed by atoms with Crippen LogP contribution in [0.5, 0.6) is 0 Å². The Morgan fingerprint density at radius 2 is 2.05 bits per heavy atom. The number of primary amides is 1. The van der Waals surface area contributed by atoms with Gasteiger partial charge in [-0.25, -0.2) is 19.0 Å². The molecule has 0 unspecified atom stereocenters. The molecule has 1 saturated heterocycles. The molecule has 5 heterocycles. The molecule has 2 atom stereocenters. The van der Waals surface area contributed by atoms with Crippen LogP contribution in [0, 0.1) is 5.82 Å². The Labute approximate surface area is 231 Å².